The van der Waals surface area contributed by atoms with Gasteiger partial charge in [0.2, 0.25) is 0 Å². The maximum absolute atomic E-state index is 11.4. The minimum atomic E-state index is -0.696. The molecule has 0 aromatic heterocycles. The summed E-state index contributed by atoms with van der Waals surface area (Å²) < 4.78 is 0. The Morgan fingerprint density at radius 2 is 2.06 bits per heavy atom. The van der Waals surface area contributed by atoms with Crippen LogP contribution in [0.2, 0.25) is 0 Å². The SMILES string of the molecule is CC(CNC1(C(=O)O)CCSCC1)N(C)C. The van der Waals surface area contributed by atoms with Crippen LogP contribution in [-0.4, -0.2) is 59.7 Å². The Bertz CT molecular complexity index is 240. The molecule has 0 amide bonds. The van der Waals surface area contributed by atoms with Gasteiger partial charge in [-0.25, -0.2) is 0 Å². The summed E-state index contributed by atoms with van der Waals surface area (Å²) >= 11 is 1.84. The van der Waals surface area contributed by atoms with Crippen LogP contribution in [0.3, 0.4) is 0 Å². The first-order chi connectivity index (χ1) is 7.48. The van der Waals surface area contributed by atoms with Gasteiger partial charge >= 0.3 is 5.97 Å². The number of hydrogen-bond donors (Lipinski definition) is 2. The van der Waals surface area contributed by atoms with Gasteiger partial charge in [-0.05, 0) is 45.4 Å². The van der Waals surface area contributed by atoms with E-state index in [1.165, 1.54) is 0 Å². The van der Waals surface area contributed by atoms with Crippen LogP contribution in [-0.2, 0) is 4.79 Å². The smallest absolute Gasteiger partial charge is 0.323 e. The Hall–Kier alpha value is -0.260. The lowest BCUT2D eigenvalue weighted by atomic mass is 9.92. The molecule has 0 aromatic rings. The number of rotatable bonds is 5. The summed E-state index contributed by atoms with van der Waals surface area (Å²) in [4.78, 5) is 13.5. The zero-order valence-corrected chi connectivity index (χ0v) is 11.1. The fourth-order valence-corrected chi connectivity index (χ4v) is 2.90. The van der Waals surface area contributed by atoms with Crippen LogP contribution >= 0.6 is 11.8 Å². The molecule has 0 spiro atoms. The average Bonchev–Trinajstić information content (AvgIpc) is 2.26. The molecule has 1 saturated heterocycles. The van der Waals surface area contributed by atoms with Crippen LogP contribution in [0.25, 0.3) is 0 Å². The fraction of sp³-hybridized carbons (Fsp3) is 0.909. The van der Waals surface area contributed by atoms with Gasteiger partial charge in [0.05, 0.1) is 0 Å². The Labute approximate surface area is 102 Å². The molecule has 1 atom stereocenters. The van der Waals surface area contributed by atoms with Gasteiger partial charge in [0.1, 0.15) is 5.54 Å². The Morgan fingerprint density at radius 3 is 2.50 bits per heavy atom. The lowest BCUT2D eigenvalue weighted by Crippen LogP contribution is -2.57. The molecule has 1 heterocycles. The van der Waals surface area contributed by atoms with Gasteiger partial charge < -0.3 is 15.3 Å². The fourth-order valence-electron chi connectivity index (χ4n) is 1.71. The third-order valence-corrected chi connectivity index (χ3v) is 4.36. The van der Waals surface area contributed by atoms with E-state index in [1.807, 2.05) is 25.9 Å². The predicted octanol–water partition coefficient (Wildman–Crippen LogP) is 0.877. The van der Waals surface area contributed by atoms with Crippen LogP contribution in [0, 0.1) is 0 Å². The number of thioether (sulfide) groups is 1. The molecular weight excluding hydrogens is 224 g/mol. The zero-order chi connectivity index (χ0) is 12.2. The molecule has 1 fully saturated rings. The van der Waals surface area contributed by atoms with Crippen molar-refractivity contribution in [2.45, 2.75) is 31.3 Å². The van der Waals surface area contributed by atoms with Crippen molar-refractivity contribution in [3.05, 3.63) is 0 Å². The largest absolute Gasteiger partial charge is 0.480 e. The first-order valence-electron chi connectivity index (χ1n) is 5.70. The number of aliphatic carboxylic acids is 1. The maximum Gasteiger partial charge on any atom is 0.323 e. The van der Waals surface area contributed by atoms with Crippen LogP contribution in [0.4, 0.5) is 0 Å². The molecule has 0 bridgehead atoms. The number of carboxylic acids is 1. The monoisotopic (exact) mass is 246 g/mol. The van der Waals surface area contributed by atoms with Gasteiger partial charge in [0, 0.05) is 12.6 Å². The van der Waals surface area contributed by atoms with Crippen molar-refractivity contribution >= 4 is 17.7 Å². The molecule has 1 aliphatic rings. The summed E-state index contributed by atoms with van der Waals surface area (Å²) in [7, 11) is 4.02. The van der Waals surface area contributed by atoms with Crippen LogP contribution in [0.15, 0.2) is 0 Å². The molecule has 0 saturated carbocycles. The molecular formula is C11H22N2O2S. The van der Waals surface area contributed by atoms with E-state index in [0.717, 1.165) is 30.9 Å². The Kier molecular flexibility index (Phi) is 5.08. The highest BCUT2D eigenvalue weighted by Crippen LogP contribution is 2.27. The van der Waals surface area contributed by atoms with Gasteiger partial charge in [-0.2, -0.15) is 11.8 Å². The average molecular weight is 246 g/mol. The molecule has 0 aromatic carbocycles. The van der Waals surface area contributed by atoms with E-state index >= 15 is 0 Å². The van der Waals surface area contributed by atoms with E-state index in [2.05, 4.69) is 17.1 Å². The zero-order valence-electron chi connectivity index (χ0n) is 10.3. The topological polar surface area (TPSA) is 52.6 Å². The highest BCUT2D eigenvalue weighted by atomic mass is 32.2. The summed E-state index contributed by atoms with van der Waals surface area (Å²) in [6.45, 7) is 2.82. The third kappa shape index (κ3) is 3.37. The lowest BCUT2D eigenvalue weighted by molar-refractivity contribution is -0.145. The van der Waals surface area contributed by atoms with Crippen molar-refractivity contribution < 1.29 is 9.90 Å². The minimum absolute atomic E-state index is 0.353. The second kappa shape index (κ2) is 5.89. The molecule has 94 valence electrons. The van der Waals surface area contributed by atoms with E-state index in [4.69, 9.17) is 0 Å². The van der Waals surface area contributed by atoms with E-state index in [9.17, 15) is 9.90 Å². The minimum Gasteiger partial charge on any atom is -0.480 e. The molecule has 0 aliphatic carbocycles. The molecule has 4 nitrogen and oxygen atoms in total. The van der Waals surface area contributed by atoms with Gasteiger partial charge in [0.15, 0.2) is 0 Å². The molecule has 16 heavy (non-hydrogen) atoms. The summed E-state index contributed by atoms with van der Waals surface area (Å²) in [6.07, 6.45) is 1.46. The molecule has 1 aliphatic heterocycles. The molecule has 1 unspecified atom stereocenters. The van der Waals surface area contributed by atoms with E-state index < -0.39 is 11.5 Å². The van der Waals surface area contributed by atoms with Gasteiger partial charge in [0.25, 0.3) is 0 Å². The highest BCUT2D eigenvalue weighted by Gasteiger charge is 2.39. The number of hydrogen-bond acceptors (Lipinski definition) is 4. The van der Waals surface area contributed by atoms with Crippen molar-refractivity contribution in [1.82, 2.24) is 10.2 Å². The predicted molar refractivity (Wildman–Crippen MR) is 68.1 cm³/mol. The quantitative estimate of drug-likeness (QED) is 0.754. The Balaban J connectivity index is 2.54. The van der Waals surface area contributed by atoms with E-state index in [1.54, 1.807) is 0 Å². The van der Waals surface area contributed by atoms with Crippen LogP contribution in [0.1, 0.15) is 19.8 Å². The summed E-state index contributed by atoms with van der Waals surface area (Å²) in [5.41, 5.74) is -0.685. The van der Waals surface area contributed by atoms with Crippen molar-refractivity contribution in [2.75, 3.05) is 32.1 Å². The van der Waals surface area contributed by atoms with Gasteiger partial charge in [-0.1, -0.05) is 0 Å². The number of nitrogens with zero attached hydrogens (tertiary/aromatic N) is 1. The highest BCUT2D eigenvalue weighted by molar-refractivity contribution is 7.99. The number of carboxylic acid groups (broad SMARTS) is 1. The standard InChI is InChI=1S/C11H22N2O2S/c1-9(13(2)3)8-12-11(10(14)15)4-6-16-7-5-11/h9,12H,4-8H2,1-3H3,(H,14,15). The molecule has 5 heteroatoms. The van der Waals surface area contributed by atoms with Crippen molar-refractivity contribution in [2.24, 2.45) is 0 Å². The number of likely N-dealkylation sites (N-methyl/N-ethyl adjacent to an activating group) is 1. The van der Waals surface area contributed by atoms with E-state index in [0.29, 0.717) is 6.04 Å². The third-order valence-electron chi connectivity index (χ3n) is 3.37. The first kappa shape index (κ1) is 13.8. The van der Waals surface area contributed by atoms with Gasteiger partial charge in [-0.3, -0.25) is 4.79 Å². The summed E-state index contributed by atoms with van der Waals surface area (Å²) in [5, 5.41) is 12.6. The Morgan fingerprint density at radius 1 is 1.50 bits per heavy atom. The molecule has 1 rings (SSSR count). The first-order valence-corrected chi connectivity index (χ1v) is 6.86. The second-order valence-electron chi connectivity index (χ2n) is 4.69. The second-order valence-corrected chi connectivity index (χ2v) is 5.92. The van der Waals surface area contributed by atoms with Crippen molar-refractivity contribution in [3.63, 3.8) is 0 Å². The molecule has 0 radical (unpaired) electrons. The molecule has 2 N–H and O–H groups in total. The van der Waals surface area contributed by atoms with Crippen LogP contribution < -0.4 is 5.32 Å². The summed E-state index contributed by atoms with van der Waals surface area (Å²) in [6, 6.07) is 0.353. The van der Waals surface area contributed by atoms with Crippen molar-refractivity contribution in [3.8, 4) is 0 Å². The van der Waals surface area contributed by atoms with E-state index in [-0.39, 0.29) is 0 Å². The van der Waals surface area contributed by atoms with Crippen LogP contribution in [0.5, 0.6) is 0 Å². The van der Waals surface area contributed by atoms with Crippen molar-refractivity contribution in [1.29, 1.82) is 0 Å². The number of carbonyl (C=O) groups is 1. The summed E-state index contributed by atoms with van der Waals surface area (Å²) in [5.74, 6) is 1.18. The lowest BCUT2D eigenvalue weighted by Gasteiger charge is -2.35. The maximum atomic E-state index is 11.4. The number of nitrogens with one attached hydrogen (secondary N) is 1. The van der Waals surface area contributed by atoms with Gasteiger partial charge in [-0.15, -0.1) is 0 Å². The normalized spacial score (nSPS) is 22.0.